The van der Waals surface area contributed by atoms with Gasteiger partial charge in [0.1, 0.15) is 17.7 Å². The van der Waals surface area contributed by atoms with Gasteiger partial charge >= 0.3 is 0 Å². The van der Waals surface area contributed by atoms with E-state index in [0.717, 1.165) is 0 Å². The van der Waals surface area contributed by atoms with Gasteiger partial charge in [-0.05, 0) is 30.9 Å². The summed E-state index contributed by atoms with van der Waals surface area (Å²) in [5.74, 6) is -0.770. The quantitative estimate of drug-likeness (QED) is 0.451. The number of nitrogens with zero attached hydrogens (tertiary/aromatic N) is 1. The molecule has 0 heterocycles. The molecule has 8 heteroatoms. The molecule has 0 bridgehead atoms. The zero-order valence-corrected chi connectivity index (χ0v) is 15.5. The van der Waals surface area contributed by atoms with Crippen molar-refractivity contribution in [3.05, 3.63) is 75.8 Å². The number of rotatable bonds is 3. The normalized spacial score (nSPS) is 16.9. The lowest BCUT2D eigenvalue weighted by molar-refractivity contribution is -0.125. The van der Waals surface area contributed by atoms with Crippen LogP contribution < -0.4 is 26.4 Å². The van der Waals surface area contributed by atoms with Gasteiger partial charge in [0.2, 0.25) is 5.43 Å². The lowest BCUT2D eigenvalue weighted by atomic mass is 9.80. The number of carbonyl (C=O) groups is 1. The molecular formula is C21H17NO7. The summed E-state index contributed by atoms with van der Waals surface area (Å²) >= 11 is 0. The minimum absolute atomic E-state index is 0.0236. The zero-order chi connectivity index (χ0) is 20.9. The second-order valence-corrected chi connectivity index (χ2v) is 7.09. The second kappa shape index (κ2) is 6.89. The van der Waals surface area contributed by atoms with E-state index < -0.39 is 34.6 Å². The van der Waals surface area contributed by atoms with Crippen molar-refractivity contribution in [2.24, 2.45) is 11.1 Å². The van der Waals surface area contributed by atoms with E-state index in [0.29, 0.717) is 12.0 Å². The van der Waals surface area contributed by atoms with E-state index in [1.54, 1.807) is 6.07 Å². The molecule has 3 aliphatic carbocycles. The van der Waals surface area contributed by atoms with Crippen molar-refractivity contribution in [1.82, 2.24) is 0 Å². The topological polar surface area (TPSA) is 130 Å². The van der Waals surface area contributed by atoms with Gasteiger partial charge in [-0.25, -0.2) is 0 Å². The third kappa shape index (κ3) is 2.60. The fourth-order valence-corrected chi connectivity index (χ4v) is 4.30. The summed E-state index contributed by atoms with van der Waals surface area (Å²) < 4.78 is 5.21. The molecule has 0 saturated carbocycles. The van der Waals surface area contributed by atoms with Gasteiger partial charge in [-0.3, -0.25) is 19.2 Å². The highest BCUT2D eigenvalue weighted by molar-refractivity contribution is 5.88. The van der Waals surface area contributed by atoms with Crippen LogP contribution in [0.15, 0.2) is 37.7 Å². The molecule has 1 atom stereocenters. The number of ether oxygens (including phenoxy) is 1. The van der Waals surface area contributed by atoms with Gasteiger partial charge in [-0.2, -0.15) is 0 Å². The number of aliphatic hydroxyl groups is 1. The number of aliphatic hydroxyl groups excluding tert-OH is 1. The average molecular weight is 395 g/mol. The molecule has 0 saturated heterocycles. The van der Waals surface area contributed by atoms with Crippen LogP contribution in [0.4, 0.5) is 0 Å². The first-order valence-corrected chi connectivity index (χ1v) is 9.08. The largest absolute Gasteiger partial charge is 0.496 e. The highest BCUT2D eigenvalue weighted by atomic mass is 16.5. The van der Waals surface area contributed by atoms with Gasteiger partial charge in [0, 0.05) is 16.9 Å². The molecule has 1 unspecified atom stereocenters. The zero-order valence-electron chi connectivity index (χ0n) is 15.5. The Morgan fingerprint density at radius 2 is 1.90 bits per heavy atom. The number of carbonyl (C=O) groups excluding carboxylic acids is 1. The van der Waals surface area contributed by atoms with Crippen molar-refractivity contribution in [2.75, 3.05) is 13.7 Å². The van der Waals surface area contributed by atoms with Crippen molar-refractivity contribution in [3.63, 3.8) is 0 Å². The Morgan fingerprint density at radius 1 is 1.14 bits per heavy atom. The average Bonchev–Trinajstić information content (AvgIpc) is 2.75. The van der Waals surface area contributed by atoms with Crippen LogP contribution in [0.5, 0.6) is 5.75 Å². The third-order valence-electron chi connectivity index (χ3n) is 5.71. The summed E-state index contributed by atoms with van der Waals surface area (Å²) in [7, 11) is 1.37. The maximum atomic E-state index is 13.2. The molecule has 2 N–H and O–H groups in total. The number of hydrogen-bond acceptors (Lipinski definition) is 8. The predicted molar refractivity (Wildman–Crippen MR) is 102 cm³/mol. The van der Waals surface area contributed by atoms with Crippen LogP contribution in [0.3, 0.4) is 0 Å². The molecule has 0 fully saturated rings. The number of Topliss-reactive ketones (excluding diaryl/α,β-unsaturated/α-hetero) is 1. The highest BCUT2D eigenvalue weighted by Gasteiger charge is 2.29. The van der Waals surface area contributed by atoms with E-state index in [1.165, 1.54) is 19.2 Å². The van der Waals surface area contributed by atoms with Gasteiger partial charge in [0.25, 0.3) is 0 Å². The monoisotopic (exact) mass is 395 g/mol. The lowest BCUT2D eigenvalue weighted by Gasteiger charge is -2.22. The lowest BCUT2D eigenvalue weighted by Crippen LogP contribution is -2.38. The van der Waals surface area contributed by atoms with E-state index in [4.69, 9.17) is 9.84 Å². The molecule has 3 aliphatic rings. The number of benzene rings is 1. The van der Waals surface area contributed by atoms with Crippen LogP contribution >= 0.6 is 0 Å². The summed E-state index contributed by atoms with van der Waals surface area (Å²) in [4.78, 5) is 51.5. The van der Waals surface area contributed by atoms with Crippen LogP contribution in [0, 0.1) is 16.4 Å². The first-order chi connectivity index (χ1) is 13.9. The minimum Gasteiger partial charge on any atom is -0.496 e. The maximum absolute atomic E-state index is 13.2. The molecule has 0 aliphatic heterocycles. The first kappa shape index (κ1) is 18.9. The standard InChI is InChI=1S/C21H17NO7/c1-29-14-4-2-3-11-15(14)21(27)16-17(19(11)25)20(26)12-7-9(13(24)8-23)5-6-10(12)18(16)22-28/h2-4,9,23,28H,5-8H2,1H3. The van der Waals surface area contributed by atoms with Crippen molar-refractivity contribution in [2.45, 2.75) is 19.3 Å². The summed E-state index contributed by atoms with van der Waals surface area (Å²) in [6.07, 6.45) is 0.582. The minimum atomic E-state index is -0.651. The number of methoxy groups -OCH3 is 1. The van der Waals surface area contributed by atoms with Crippen LogP contribution in [-0.4, -0.2) is 29.8 Å². The summed E-state index contributed by atoms with van der Waals surface area (Å²) in [5, 5.41) is 21.4. The molecule has 1 aromatic rings. The Hall–Kier alpha value is -3.39. The highest BCUT2D eigenvalue weighted by Crippen LogP contribution is 2.23. The van der Waals surface area contributed by atoms with E-state index >= 15 is 0 Å². The second-order valence-electron chi connectivity index (χ2n) is 7.09. The number of ketones is 1. The Labute approximate surface area is 162 Å². The predicted octanol–water partition coefficient (Wildman–Crippen LogP) is -0.514. The molecule has 0 radical (unpaired) electrons. The molecule has 0 spiro atoms. The molecule has 8 nitrogen and oxygen atoms in total. The van der Waals surface area contributed by atoms with Crippen LogP contribution in [0.1, 0.15) is 17.5 Å². The van der Waals surface area contributed by atoms with E-state index in [2.05, 4.69) is 5.16 Å². The Kier molecular flexibility index (Phi) is 4.50. The molecule has 1 aromatic carbocycles. The molecule has 0 amide bonds. The van der Waals surface area contributed by atoms with Crippen molar-refractivity contribution in [1.29, 1.82) is 0 Å². The van der Waals surface area contributed by atoms with Gasteiger partial charge in [-0.1, -0.05) is 17.3 Å². The van der Waals surface area contributed by atoms with Crippen LogP contribution in [0.2, 0.25) is 0 Å². The summed E-state index contributed by atoms with van der Waals surface area (Å²) in [5.41, 5.74) is -1.36. The van der Waals surface area contributed by atoms with E-state index in [1.807, 2.05) is 0 Å². The van der Waals surface area contributed by atoms with Gasteiger partial charge in [0.05, 0.1) is 22.9 Å². The summed E-state index contributed by atoms with van der Waals surface area (Å²) in [6.45, 7) is -0.638. The van der Waals surface area contributed by atoms with Crippen LogP contribution in [0.25, 0.3) is 10.8 Å². The molecule has 0 aromatic heterocycles. The van der Waals surface area contributed by atoms with Gasteiger partial charge in [-0.15, -0.1) is 0 Å². The SMILES string of the molecule is COc1cccc2c(=O)c3c(=O)c4c(c(=NO)c=3c(=O)c12)CCC(C(=O)CO)C4. The van der Waals surface area contributed by atoms with Crippen molar-refractivity contribution < 1.29 is 19.8 Å². The van der Waals surface area contributed by atoms with Crippen molar-refractivity contribution >= 4 is 16.6 Å². The molecule has 29 heavy (non-hydrogen) atoms. The van der Waals surface area contributed by atoms with E-state index in [9.17, 15) is 24.4 Å². The number of hydrogen-bond donors (Lipinski definition) is 2. The van der Waals surface area contributed by atoms with Gasteiger partial charge in [0.15, 0.2) is 16.6 Å². The Bertz CT molecular complexity index is 1450. The Morgan fingerprint density at radius 3 is 2.55 bits per heavy atom. The van der Waals surface area contributed by atoms with E-state index in [-0.39, 0.29) is 50.7 Å². The molecule has 4 rings (SSSR count). The fraction of sp³-hybridized carbons (Fsp3) is 0.286. The Balaban J connectivity index is 2.26. The molecular weight excluding hydrogens is 378 g/mol. The maximum Gasteiger partial charge on any atom is 0.200 e. The first-order valence-electron chi connectivity index (χ1n) is 9.08. The smallest absolute Gasteiger partial charge is 0.200 e. The summed E-state index contributed by atoms with van der Waals surface area (Å²) in [6, 6.07) is 4.52. The third-order valence-corrected chi connectivity index (χ3v) is 5.71. The van der Waals surface area contributed by atoms with Crippen LogP contribution in [-0.2, 0) is 17.6 Å². The van der Waals surface area contributed by atoms with Crippen molar-refractivity contribution in [3.8, 4) is 5.75 Å². The molecule has 148 valence electrons. The number of fused-ring (bicyclic) bond motifs is 2. The fourth-order valence-electron chi connectivity index (χ4n) is 4.30. The van der Waals surface area contributed by atoms with Gasteiger partial charge < -0.3 is 15.1 Å².